The van der Waals surface area contributed by atoms with Gasteiger partial charge in [0.25, 0.3) is 0 Å². The van der Waals surface area contributed by atoms with Crippen molar-refractivity contribution in [3.05, 3.63) is 41.0 Å². The maximum Gasteiger partial charge on any atom is 0.163 e. The Hall–Kier alpha value is -1.61. The van der Waals surface area contributed by atoms with Crippen LogP contribution in [0.25, 0.3) is 11.3 Å². The van der Waals surface area contributed by atoms with Crippen molar-refractivity contribution in [3.63, 3.8) is 0 Å². The van der Waals surface area contributed by atoms with Crippen LogP contribution >= 0.6 is 11.6 Å². The third kappa shape index (κ3) is 1.92. The van der Waals surface area contributed by atoms with Crippen LogP contribution in [0.15, 0.2) is 30.5 Å². The molecule has 76 valence electrons. The molecule has 0 bridgehead atoms. The Bertz CT molecular complexity index is 505. The molecular formula is C11H9ClN2O. The van der Waals surface area contributed by atoms with Crippen molar-refractivity contribution < 1.29 is 4.79 Å². The van der Waals surface area contributed by atoms with Crippen LogP contribution in [-0.4, -0.2) is 16.0 Å². The van der Waals surface area contributed by atoms with Gasteiger partial charge in [0.15, 0.2) is 5.78 Å². The first-order valence-electron chi connectivity index (χ1n) is 4.48. The van der Waals surface area contributed by atoms with Gasteiger partial charge in [-0.25, -0.2) is 0 Å². The summed E-state index contributed by atoms with van der Waals surface area (Å²) in [6.45, 7) is 1.51. The van der Waals surface area contributed by atoms with E-state index in [0.29, 0.717) is 16.3 Å². The van der Waals surface area contributed by atoms with Crippen LogP contribution in [-0.2, 0) is 0 Å². The maximum absolute atomic E-state index is 11.3. The molecule has 0 amide bonds. The fourth-order valence-electron chi connectivity index (χ4n) is 1.42. The highest BCUT2D eigenvalue weighted by Crippen LogP contribution is 2.23. The lowest BCUT2D eigenvalue weighted by molar-refractivity contribution is 0.101. The van der Waals surface area contributed by atoms with Crippen molar-refractivity contribution in [1.29, 1.82) is 0 Å². The third-order valence-corrected chi connectivity index (χ3v) is 2.37. The van der Waals surface area contributed by atoms with Gasteiger partial charge in [0.2, 0.25) is 0 Å². The summed E-state index contributed by atoms with van der Waals surface area (Å²) in [5.74, 6) is -0.0151. The molecule has 4 heteroatoms. The molecule has 0 fully saturated rings. The van der Waals surface area contributed by atoms with E-state index >= 15 is 0 Å². The van der Waals surface area contributed by atoms with E-state index in [1.807, 2.05) is 12.1 Å². The third-order valence-electron chi connectivity index (χ3n) is 2.13. The summed E-state index contributed by atoms with van der Waals surface area (Å²) < 4.78 is 0. The van der Waals surface area contributed by atoms with Crippen molar-refractivity contribution in [2.75, 3.05) is 0 Å². The van der Waals surface area contributed by atoms with E-state index in [1.54, 1.807) is 12.1 Å². The zero-order valence-corrected chi connectivity index (χ0v) is 8.88. The average molecular weight is 221 g/mol. The van der Waals surface area contributed by atoms with Crippen molar-refractivity contribution in [3.8, 4) is 11.3 Å². The number of benzene rings is 1. The summed E-state index contributed by atoms with van der Waals surface area (Å²) in [6, 6.07) is 7.30. The quantitative estimate of drug-likeness (QED) is 0.791. The molecule has 0 aliphatic rings. The number of nitrogens with zero attached hydrogens (tertiary/aromatic N) is 1. The van der Waals surface area contributed by atoms with Gasteiger partial charge in [0.1, 0.15) is 0 Å². The molecule has 0 aliphatic carbocycles. The second-order valence-electron chi connectivity index (χ2n) is 3.23. The number of aromatic nitrogens is 2. The van der Waals surface area contributed by atoms with E-state index in [0.717, 1.165) is 5.56 Å². The van der Waals surface area contributed by atoms with E-state index in [1.165, 1.54) is 13.1 Å². The molecule has 3 nitrogen and oxygen atoms in total. The molecule has 0 radical (unpaired) electrons. The number of nitrogens with one attached hydrogen (secondary N) is 1. The number of carbonyl (C=O) groups is 1. The predicted molar refractivity (Wildman–Crippen MR) is 59.0 cm³/mol. The Balaban J connectivity index is 2.54. The molecule has 0 saturated heterocycles. The first-order valence-corrected chi connectivity index (χ1v) is 4.86. The van der Waals surface area contributed by atoms with Crippen molar-refractivity contribution >= 4 is 17.4 Å². The van der Waals surface area contributed by atoms with Crippen LogP contribution in [0, 0.1) is 0 Å². The van der Waals surface area contributed by atoms with Crippen molar-refractivity contribution in [2.45, 2.75) is 6.92 Å². The molecule has 0 saturated carbocycles. The number of aromatic amines is 1. The number of hydrogen-bond acceptors (Lipinski definition) is 2. The van der Waals surface area contributed by atoms with Gasteiger partial charge in [-0.05, 0) is 19.1 Å². The van der Waals surface area contributed by atoms with Gasteiger partial charge in [-0.1, -0.05) is 23.7 Å². The van der Waals surface area contributed by atoms with Crippen LogP contribution in [0.5, 0.6) is 0 Å². The van der Waals surface area contributed by atoms with Crippen LogP contribution in [0.4, 0.5) is 0 Å². The SMILES string of the molecule is CC(=O)c1cn[nH]c1-c1cccc(Cl)c1. The molecule has 1 heterocycles. The summed E-state index contributed by atoms with van der Waals surface area (Å²) in [4.78, 5) is 11.3. The standard InChI is InChI=1S/C11H9ClN2O/c1-7(15)10-6-13-14-11(10)8-3-2-4-9(12)5-8/h2-6H,1H3,(H,13,14). The smallest absolute Gasteiger partial charge is 0.163 e. The number of ketones is 1. The molecule has 0 aliphatic heterocycles. The molecule has 1 N–H and O–H groups in total. The number of hydrogen-bond donors (Lipinski definition) is 1. The normalized spacial score (nSPS) is 10.3. The lowest BCUT2D eigenvalue weighted by Gasteiger charge is -2.00. The number of carbonyl (C=O) groups excluding carboxylic acids is 1. The van der Waals surface area contributed by atoms with Crippen LogP contribution in [0.1, 0.15) is 17.3 Å². The van der Waals surface area contributed by atoms with Crippen molar-refractivity contribution in [1.82, 2.24) is 10.2 Å². The van der Waals surface area contributed by atoms with Gasteiger partial charge >= 0.3 is 0 Å². The number of Topliss-reactive ketones (excluding diaryl/α,β-unsaturated/α-hetero) is 1. The van der Waals surface area contributed by atoms with E-state index in [4.69, 9.17) is 11.6 Å². The van der Waals surface area contributed by atoms with E-state index in [2.05, 4.69) is 10.2 Å². The van der Waals surface area contributed by atoms with Crippen molar-refractivity contribution in [2.24, 2.45) is 0 Å². The van der Waals surface area contributed by atoms with E-state index in [-0.39, 0.29) is 5.78 Å². The fourth-order valence-corrected chi connectivity index (χ4v) is 1.61. The molecule has 0 unspecified atom stereocenters. The van der Waals surface area contributed by atoms with Gasteiger partial charge in [-0.2, -0.15) is 5.10 Å². The second-order valence-corrected chi connectivity index (χ2v) is 3.66. The Labute approximate surface area is 92.1 Å². The molecule has 1 aromatic carbocycles. The van der Waals surface area contributed by atoms with Gasteiger partial charge in [0.05, 0.1) is 17.5 Å². The van der Waals surface area contributed by atoms with Gasteiger partial charge in [-0.3, -0.25) is 9.89 Å². The molecular weight excluding hydrogens is 212 g/mol. The molecule has 2 aromatic rings. The highest BCUT2D eigenvalue weighted by Gasteiger charge is 2.11. The Morgan fingerprint density at radius 2 is 2.27 bits per heavy atom. The Kier molecular flexibility index (Phi) is 2.56. The highest BCUT2D eigenvalue weighted by atomic mass is 35.5. The lowest BCUT2D eigenvalue weighted by atomic mass is 10.1. The van der Waals surface area contributed by atoms with Crippen LogP contribution < -0.4 is 0 Å². The van der Waals surface area contributed by atoms with Gasteiger partial charge in [-0.15, -0.1) is 0 Å². The maximum atomic E-state index is 11.3. The highest BCUT2D eigenvalue weighted by molar-refractivity contribution is 6.30. The minimum absolute atomic E-state index is 0.0151. The fraction of sp³-hybridized carbons (Fsp3) is 0.0909. The zero-order chi connectivity index (χ0) is 10.8. The number of rotatable bonds is 2. The topological polar surface area (TPSA) is 45.8 Å². The number of halogens is 1. The van der Waals surface area contributed by atoms with Crippen LogP contribution in [0.2, 0.25) is 5.02 Å². The Morgan fingerprint density at radius 1 is 1.47 bits per heavy atom. The summed E-state index contributed by atoms with van der Waals surface area (Å²) in [5, 5.41) is 7.30. The average Bonchev–Trinajstić information content (AvgIpc) is 2.65. The molecule has 1 aromatic heterocycles. The van der Waals surface area contributed by atoms with Gasteiger partial charge in [0, 0.05) is 10.6 Å². The molecule has 0 atom stereocenters. The lowest BCUT2D eigenvalue weighted by Crippen LogP contribution is -1.92. The summed E-state index contributed by atoms with van der Waals surface area (Å²) in [5.41, 5.74) is 2.16. The summed E-state index contributed by atoms with van der Waals surface area (Å²) in [6.07, 6.45) is 1.53. The van der Waals surface area contributed by atoms with Crippen LogP contribution in [0.3, 0.4) is 0 Å². The largest absolute Gasteiger partial charge is 0.294 e. The predicted octanol–water partition coefficient (Wildman–Crippen LogP) is 2.93. The number of H-pyrrole nitrogens is 1. The first kappa shape index (κ1) is 9.93. The first-order chi connectivity index (χ1) is 7.18. The molecule has 0 spiro atoms. The van der Waals surface area contributed by atoms with E-state index < -0.39 is 0 Å². The summed E-state index contributed by atoms with van der Waals surface area (Å²) >= 11 is 5.87. The molecule has 2 rings (SSSR count). The molecule has 15 heavy (non-hydrogen) atoms. The van der Waals surface area contributed by atoms with E-state index in [9.17, 15) is 4.79 Å². The second kappa shape index (κ2) is 3.87. The minimum Gasteiger partial charge on any atom is -0.294 e. The van der Waals surface area contributed by atoms with Gasteiger partial charge < -0.3 is 0 Å². The minimum atomic E-state index is -0.0151. The zero-order valence-electron chi connectivity index (χ0n) is 8.12. The summed E-state index contributed by atoms with van der Waals surface area (Å²) in [7, 11) is 0. The monoisotopic (exact) mass is 220 g/mol. The Morgan fingerprint density at radius 3 is 2.93 bits per heavy atom.